The Bertz CT molecular complexity index is 1100. The molecule has 0 saturated carbocycles. The maximum Gasteiger partial charge on any atom is 0.407 e. The Morgan fingerprint density at radius 2 is 1.76 bits per heavy atom. The van der Waals surface area contributed by atoms with Crippen molar-refractivity contribution in [1.82, 2.24) is 4.90 Å². The Kier molecular flexibility index (Phi) is 12.3. The van der Waals surface area contributed by atoms with Crippen LogP contribution in [0.5, 0.6) is 11.5 Å². The van der Waals surface area contributed by atoms with E-state index < -0.39 is 18.2 Å². The van der Waals surface area contributed by atoms with Gasteiger partial charge in [-0.25, -0.2) is 4.79 Å². The highest BCUT2D eigenvalue weighted by Gasteiger charge is 2.44. The van der Waals surface area contributed by atoms with Gasteiger partial charge in [-0.05, 0) is 60.3 Å². The van der Waals surface area contributed by atoms with E-state index in [1.807, 2.05) is 62.4 Å². The first kappa shape index (κ1) is 32.3. The van der Waals surface area contributed by atoms with Crippen LogP contribution in [0.4, 0.5) is 4.79 Å². The summed E-state index contributed by atoms with van der Waals surface area (Å²) in [5, 5.41) is 10.4. The van der Waals surface area contributed by atoms with Crippen molar-refractivity contribution < 1.29 is 33.6 Å². The van der Waals surface area contributed by atoms with Crippen LogP contribution in [0, 0.1) is 23.7 Å². The van der Waals surface area contributed by atoms with E-state index in [1.54, 1.807) is 14.2 Å². The molecule has 1 heterocycles. The fraction of sp³-hybridized carbons (Fsp3) is 0.576. The van der Waals surface area contributed by atoms with Crippen molar-refractivity contribution in [3.05, 3.63) is 59.7 Å². The van der Waals surface area contributed by atoms with Crippen LogP contribution in [0.15, 0.2) is 48.5 Å². The van der Waals surface area contributed by atoms with Crippen LogP contribution >= 0.6 is 0 Å². The maximum atomic E-state index is 12.8. The summed E-state index contributed by atoms with van der Waals surface area (Å²) in [4.78, 5) is 27.0. The first-order valence-electron chi connectivity index (χ1n) is 14.7. The van der Waals surface area contributed by atoms with Gasteiger partial charge in [-0.3, -0.25) is 9.69 Å². The van der Waals surface area contributed by atoms with Crippen LogP contribution in [0.2, 0.25) is 0 Å². The van der Waals surface area contributed by atoms with Crippen LogP contribution in [-0.2, 0) is 27.2 Å². The number of ether oxygens (including phenoxy) is 4. The second kappa shape index (κ2) is 15.7. The summed E-state index contributed by atoms with van der Waals surface area (Å²) >= 11 is 0. The number of hydrogen-bond donors (Lipinski definition) is 1. The van der Waals surface area contributed by atoms with E-state index in [0.717, 1.165) is 24.0 Å². The minimum Gasteiger partial charge on any atom is -0.493 e. The summed E-state index contributed by atoms with van der Waals surface area (Å²) in [6, 6.07) is 15.1. The molecule has 8 heteroatoms. The molecule has 1 N–H and O–H groups in total. The molecule has 0 spiro atoms. The van der Waals surface area contributed by atoms with Gasteiger partial charge in [0, 0.05) is 26.7 Å². The van der Waals surface area contributed by atoms with Gasteiger partial charge in [0.15, 0.2) is 11.5 Å². The molecule has 1 aliphatic heterocycles. The van der Waals surface area contributed by atoms with Crippen LogP contribution in [0.25, 0.3) is 0 Å². The van der Waals surface area contributed by atoms with Gasteiger partial charge in [0.1, 0.15) is 6.10 Å². The van der Waals surface area contributed by atoms with Crippen LogP contribution in [-0.4, -0.2) is 61.6 Å². The number of nitrogens with zero attached hydrogens (tertiary/aromatic N) is 1. The van der Waals surface area contributed by atoms with Crippen molar-refractivity contribution in [2.75, 3.05) is 27.4 Å². The van der Waals surface area contributed by atoms with Gasteiger partial charge in [-0.2, -0.15) is 0 Å². The Morgan fingerprint density at radius 3 is 2.34 bits per heavy atom. The van der Waals surface area contributed by atoms with Gasteiger partial charge >= 0.3 is 12.1 Å². The number of carbonyl (C=O) groups is 2. The van der Waals surface area contributed by atoms with E-state index in [9.17, 15) is 14.7 Å². The highest BCUT2D eigenvalue weighted by Crippen LogP contribution is 2.36. The second-order valence-corrected chi connectivity index (χ2v) is 11.6. The number of carbonyl (C=O) groups excluding carboxylic acids is 1. The Balaban J connectivity index is 1.89. The monoisotopic (exact) mass is 569 g/mol. The average molecular weight is 570 g/mol. The van der Waals surface area contributed by atoms with E-state index >= 15 is 0 Å². The minimum atomic E-state index is -1.01. The van der Waals surface area contributed by atoms with Gasteiger partial charge in [-0.15, -0.1) is 0 Å². The quantitative estimate of drug-likeness (QED) is 0.183. The van der Waals surface area contributed by atoms with E-state index in [2.05, 4.69) is 13.8 Å². The van der Waals surface area contributed by atoms with Gasteiger partial charge in [0.25, 0.3) is 0 Å². The Hall–Kier alpha value is -3.26. The summed E-state index contributed by atoms with van der Waals surface area (Å²) in [5.74, 6) is 1.41. The highest BCUT2D eigenvalue weighted by atomic mass is 16.6. The standard InChI is InChI=1S/C33H47NO7/c1-22(2)26(17-25-13-14-29(39-6)31(18-25)40-16-10-15-38-5)19-28(30-20-27(23(3)4)32(35)41-30)34(33(36)37)21-24-11-8-7-9-12-24/h7-9,11-14,18,22-23,26-28,30H,10,15-17,19-21H2,1-6H3,(H,36,37)/t26-,27-,28-,30-/m0/s1. The summed E-state index contributed by atoms with van der Waals surface area (Å²) in [7, 11) is 3.29. The molecule has 0 aliphatic carbocycles. The van der Waals surface area contributed by atoms with Gasteiger partial charge in [-0.1, -0.05) is 64.1 Å². The van der Waals surface area contributed by atoms with Crippen molar-refractivity contribution in [3.8, 4) is 11.5 Å². The van der Waals surface area contributed by atoms with Gasteiger partial charge < -0.3 is 24.1 Å². The molecule has 3 rings (SSSR count). The first-order chi connectivity index (χ1) is 19.6. The molecular weight excluding hydrogens is 522 g/mol. The largest absolute Gasteiger partial charge is 0.493 e. The number of esters is 1. The fourth-order valence-corrected chi connectivity index (χ4v) is 5.55. The molecule has 2 aromatic carbocycles. The normalized spacial score (nSPS) is 18.3. The number of hydrogen-bond acceptors (Lipinski definition) is 6. The lowest BCUT2D eigenvalue weighted by atomic mass is 9.81. The molecule has 41 heavy (non-hydrogen) atoms. The minimum absolute atomic E-state index is 0.128. The summed E-state index contributed by atoms with van der Waals surface area (Å²) < 4.78 is 22.6. The molecular formula is C33H47NO7. The summed E-state index contributed by atoms with van der Waals surface area (Å²) in [6.07, 6.45) is 1.07. The van der Waals surface area contributed by atoms with Crippen molar-refractivity contribution in [1.29, 1.82) is 0 Å². The van der Waals surface area contributed by atoms with E-state index in [4.69, 9.17) is 18.9 Å². The van der Waals surface area contributed by atoms with Gasteiger partial charge in [0.2, 0.25) is 0 Å². The molecule has 0 unspecified atom stereocenters. The smallest absolute Gasteiger partial charge is 0.407 e. The maximum absolute atomic E-state index is 12.8. The highest BCUT2D eigenvalue weighted by molar-refractivity contribution is 5.75. The number of cyclic esters (lactones) is 1. The lowest BCUT2D eigenvalue weighted by Crippen LogP contribution is -2.47. The zero-order chi connectivity index (χ0) is 29.9. The SMILES string of the molecule is COCCCOc1cc(C[C@@H](C[C@@H]([C@@H]2C[C@@H](C(C)C)C(=O)O2)N(Cc2ccccc2)C(=O)O)C(C)C)ccc1OC. The molecule has 0 radical (unpaired) electrons. The van der Waals surface area contributed by atoms with Crippen molar-refractivity contribution in [2.24, 2.45) is 23.7 Å². The number of benzene rings is 2. The third-order valence-electron chi connectivity index (χ3n) is 8.10. The lowest BCUT2D eigenvalue weighted by Gasteiger charge is -2.36. The molecule has 1 aliphatic rings. The Morgan fingerprint density at radius 1 is 1.02 bits per heavy atom. The Labute approximate surface area is 244 Å². The van der Waals surface area contributed by atoms with E-state index in [0.29, 0.717) is 37.6 Å². The molecule has 1 saturated heterocycles. The fourth-order valence-electron chi connectivity index (χ4n) is 5.55. The molecule has 226 valence electrons. The molecule has 2 aromatic rings. The zero-order valence-corrected chi connectivity index (χ0v) is 25.4. The number of rotatable bonds is 16. The van der Waals surface area contributed by atoms with Crippen LogP contribution in [0.1, 0.15) is 58.1 Å². The third-order valence-corrected chi connectivity index (χ3v) is 8.10. The first-order valence-corrected chi connectivity index (χ1v) is 14.7. The van der Waals surface area contributed by atoms with Crippen LogP contribution in [0.3, 0.4) is 0 Å². The molecule has 4 atom stereocenters. The van der Waals surface area contributed by atoms with Crippen molar-refractivity contribution >= 4 is 12.1 Å². The summed E-state index contributed by atoms with van der Waals surface area (Å²) in [5.41, 5.74) is 1.98. The molecule has 8 nitrogen and oxygen atoms in total. The number of methoxy groups -OCH3 is 2. The number of carboxylic acid groups (broad SMARTS) is 1. The zero-order valence-electron chi connectivity index (χ0n) is 25.4. The molecule has 0 bridgehead atoms. The predicted octanol–water partition coefficient (Wildman–Crippen LogP) is 6.45. The number of amides is 1. The molecule has 1 amide bonds. The third kappa shape index (κ3) is 9.12. The van der Waals surface area contributed by atoms with E-state index in [1.165, 1.54) is 4.90 Å². The van der Waals surface area contributed by atoms with Crippen LogP contribution < -0.4 is 9.47 Å². The molecule has 1 fully saturated rings. The van der Waals surface area contributed by atoms with E-state index in [-0.39, 0.29) is 36.2 Å². The van der Waals surface area contributed by atoms with Gasteiger partial charge in [0.05, 0.1) is 25.7 Å². The van der Waals surface area contributed by atoms with Crippen molar-refractivity contribution in [2.45, 2.75) is 72.1 Å². The average Bonchev–Trinajstić information content (AvgIpc) is 3.34. The predicted molar refractivity (Wildman–Crippen MR) is 158 cm³/mol. The topological polar surface area (TPSA) is 94.5 Å². The molecule has 0 aromatic heterocycles. The lowest BCUT2D eigenvalue weighted by molar-refractivity contribution is -0.147. The van der Waals surface area contributed by atoms with Crippen molar-refractivity contribution in [3.63, 3.8) is 0 Å². The summed E-state index contributed by atoms with van der Waals surface area (Å²) in [6.45, 7) is 9.70. The second-order valence-electron chi connectivity index (χ2n) is 11.6.